The molecule has 8 heteroatoms. The summed E-state index contributed by atoms with van der Waals surface area (Å²) in [4.78, 5) is 12.8. The summed E-state index contributed by atoms with van der Waals surface area (Å²) in [5.41, 5.74) is 1.60. The quantitative estimate of drug-likeness (QED) is 0.432. The number of nitrogens with one attached hydrogen (secondary N) is 1. The van der Waals surface area contributed by atoms with E-state index in [1.54, 1.807) is 19.1 Å². The van der Waals surface area contributed by atoms with Crippen LogP contribution in [-0.2, 0) is 4.79 Å². The summed E-state index contributed by atoms with van der Waals surface area (Å²) < 4.78 is 14.8. The van der Waals surface area contributed by atoms with Gasteiger partial charge >= 0.3 is 0 Å². The number of nitrogens with two attached hydrogens (primary N) is 1. The standard InChI is InChI=1S/C21H24FN5OS/c1-3-8-18(15-9-5-4-6-10-15)24-20(28)14(2)29-21-26-25-19(27(21)23)16-11-7-12-17(22)13-16/h4-7,9-14,18H,3,8,23H2,1-2H3,(H,24,28)/t14-,18-/m0/s1. The van der Waals surface area contributed by atoms with Gasteiger partial charge in [-0.15, -0.1) is 10.2 Å². The number of hydrogen-bond acceptors (Lipinski definition) is 5. The minimum atomic E-state index is -0.426. The molecule has 2 atom stereocenters. The second-order valence-corrected chi connectivity index (χ2v) is 8.02. The van der Waals surface area contributed by atoms with Gasteiger partial charge in [0.1, 0.15) is 5.82 Å². The van der Waals surface area contributed by atoms with Crippen LogP contribution in [0, 0.1) is 5.82 Å². The van der Waals surface area contributed by atoms with Crippen molar-refractivity contribution < 1.29 is 9.18 Å². The zero-order chi connectivity index (χ0) is 20.8. The summed E-state index contributed by atoms with van der Waals surface area (Å²) in [7, 11) is 0. The number of rotatable bonds is 8. The summed E-state index contributed by atoms with van der Waals surface area (Å²) in [6.07, 6.45) is 1.80. The Morgan fingerprint density at radius 2 is 1.97 bits per heavy atom. The van der Waals surface area contributed by atoms with Gasteiger partial charge in [-0.2, -0.15) is 0 Å². The van der Waals surface area contributed by atoms with E-state index in [9.17, 15) is 9.18 Å². The van der Waals surface area contributed by atoms with Crippen LogP contribution in [-0.4, -0.2) is 26.0 Å². The van der Waals surface area contributed by atoms with E-state index in [-0.39, 0.29) is 17.8 Å². The highest BCUT2D eigenvalue weighted by Gasteiger charge is 2.22. The van der Waals surface area contributed by atoms with Crippen LogP contribution in [0.4, 0.5) is 4.39 Å². The van der Waals surface area contributed by atoms with Gasteiger partial charge in [-0.3, -0.25) is 4.79 Å². The average molecular weight is 414 g/mol. The van der Waals surface area contributed by atoms with Crippen LogP contribution in [0.15, 0.2) is 59.8 Å². The molecule has 1 heterocycles. The van der Waals surface area contributed by atoms with Gasteiger partial charge in [0.15, 0.2) is 5.82 Å². The topological polar surface area (TPSA) is 85.8 Å². The van der Waals surface area contributed by atoms with E-state index in [1.807, 2.05) is 30.3 Å². The zero-order valence-electron chi connectivity index (χ0n) is 16.4. The first-order valence-corrected chi connectivity index (χ1v) is 10.4. The molecule has 3 rings (SSSR count). The van der Waals surface area contributed by atoms with Crippen LogP contribution in [0.2, 0.25) is 0 Å². The lowest BCUT2D eigenvalue weighted by Gasteiger charge is -2.20. The minimum absolute atomic E-state index is 0.0460. The Bertz CT molecular complexity index is 963. The third-order valence-electron chi connectivity index (χ3n) is 4.49. The molecule has 0 saturated heterocycles. The summed E-state index contributed by atoms with van der Waals surface area (Å²) in [5.74, 6) is 5.95. The smallest absolute Gasteiger partial charge is 0.233 e. The molecule has 0 unspecified atom stereocenters. The minimum Gasteiger partial charge on any atom is -0.348 e. The van der Waals surface area contributed by atoms with Gasteiger partial charge in [-0.25, -0.2) is 9.07 Å². The Balaban J connectivity index is 1.69. The predicted octanol–water partition coefficient (Wildman–Crippen LogP) is 3.94. The third-order valence-corrected chi connectivity index (χ3v) is 5.55. The maximum Gasteiger partial charge on any atom is 0.233 e. The van der Waals surface area contributed by atoms with Crippen LogP contribution < -0.4 is 11.2 Å². The van der Waals surface area contributed by atoms with E-state index in [1.165, 1.54) is 28.6 Å². The van der Waals surface area contributed by atoms with Crippen LogP contribution in [0.25, 0.3) is 11.4 Å². The SMILES string of the molecule is CCC[C@H](NC(=O)[C@H](C)Sc1nnc(-c2cccc(F)c2)n1N)c1ccccc1. The summed E-state index contributed by atoms with van der Waals surface area (Å²) in [6.45, 7) is 3.88. The zero-order valence-corrected chi connectivity index (χ0v) is 17.2. The third kappa shape index (κ3) is 5.14. The fraction of sp³-hybridized carbons (Fsp3) is 0.286. The summed E-state index contributed by atoms with van der Waals surface area (Å²) >= 11 is 1.21. The summed E-state index contributed by atoms with van der Waals surface area (Å²) in [5, 5.41) is 11.2. The van der Waals surface area contributed by atoms with Crippen LogP contribution in [0.1, 0.15) is 38.3 Å². The second kappa shape index (κ2) is 9.56. The van der Waals surface area contributed by atoms with Gasteiger partial charge in [0.25, 0.3) is 0 Å². The number of amides is 1. The van der Waals surface area contributed by atoms with Crippen molar-refractivity contribution in [3.05, 3.63) is 66.0 Å². The fourth-order valence-electron chi connectivity index (χ4n) is 2.98. The Labute approximate surface area is 173 Å². The van der Waals surface area contributed by atoms with Crippen molar-refractivity contribution in [2.24, 2.45) is 0 Å². The van der Waals surface area contributed by atoms with Gasteiger partial charge < -0.3 is 11.2 Å². The van der Waals surface area contributed by atoms with Gasteiger partial charge in [0.2, 0.25) is 11.1 Å². The molecule has 0 fully saturated rings. The van der Waals surface area contributed by atoms with Crippen LogP contribution in [0.3, 0.4) is 0 Å². The van der Waals surface area contributed by atoms with Crippen molar-refractivity contribution in [3.63, 3.8) is 0 Å². The number of carbonyl (C=O) groups excluding carboxylic acids is 1. The highest BCUT2D eigenvalue weighted by atomic mass is 32.2. The van der Waals surface area contributed by atoms with Gasteiger partial charge in [-0.05, 0) is 31.0 Å². The largest absolute Gasteiger partial charge is 0.348 e. The maximum absolute atomic E-state index is 13.5. The molecule has 2 aromatic carbocycles. The predicted molar refractivity (Wildman–Crippen MR) is 113 cm³/mol. The lowest BCUT2D eigenvalue weighted by Crippen LogP contribution is -2.34. The van der Waals surface area contributed by atoms with Gasteiger partial charge in [0.05, 0.1) is 11.3 Å². The molecule has 0 spiro atoms. The Morgan fingerprint density at radius 1 is 1.21 bits per heavy atom. The molecule has 0 aliphatic rings. The monoisotopic (exact) mass is 413 g/mol. The molecule has 0 aliphatic heterocycles. The van der Waals surface area contributed by atoms with E-state index in [2.05, 4.69) is 22.4 Å². The van der Waals surface area contributed by atoms with E-state index < -0.39 is 5.25 Å². The molecule has 29 heavy (non-hydrogen) atoms. The molecule has 0 radical (unpaired) electrons. The molecule has 6 nitrogen and oxygen atoms in total. The maximum atomic E-state index is 13.5. The highest BCUT2D eigenvalue weighted by Crippen LogP contribution is 2.26. The molecule has 3 N–H and O–H groups in total. The first-order valence-electron chi connectivity index (χ1n) is 9.48. The number of nitrogen functional groups attached to an aromatic ring is 1. The molecule has 152 valence electrons. The van der Waals surface area contributed by atoms with Crippen LogP contribution >= 0.6 is 11.8 Å². The first kappa shape index (κ1) is 20.9. The van der Waals surface area contributed by atoms with Crippen molar-refractivity contribution in [2.45, 2.75) is 43.1 Å². The molecule has 0 aliphatic carbocycles. The molecular formula is C21H24FN5OS. The number of hydrogen-bond donors (Lipinski definition) is 2. The molecular weight excluding hydrogens is 389 g/mol. The number of halogens is 1. The van der Waals surface area contributed by atoms with Crippen molar-refractivity contribution in [1.29, 1.82) is 0 Å². The lowest BCUT2D eigenvalue weighted by molar-refractivity contribution is -0.121. The fourth-order valence-corrected chi connectivity index (χ4v) is 3.76. The number of aromatic nitrogens is 3. The number of benzene rings is 2. The molecule has 1 aromatic heterocycles. The van der Waals surface area contributed by atoms with E-state index >= 15 is 0 Å². The molecule has 0 saturated carbocycles. The number of thioether (sulfide) groups is 1. The first-order chi connectivity index (χ1) is 14.0. The van der Waals surface area contributed by atoms with Gasteiger partial charge in [-0.1, -0.05) is 67.6 Å². The second-order valence-electron chi connectivity index (χ2n) is 6.71. The molecule has 1 amide bonds. The van der Waals surface area contributed by atoms with E-state index in [0.717, 1.165) is 18.4 Å². The number of nitrogens with zero attached hydrogens (tertiary/aromatic N) is 3. The Morgan fingerprint density at radius 3 is 2.66 bits per heavy atom. The van der Waals surface area contributed by atoms with Crippen molar-refractivity contribution in [2.75, 3.05) is 5.84 Å². The van der Waals surface area contributed by atoms with Crippen molar-refractivity contribution in [3.8, 4) is 11.4 Å². The van der Waals surface area contributed by atoms with Gasteiger partial charge in [0, 0.05) is 5.56 Å². The van der Waals surface area contributed by atoms with Crippen molar-refractivity contribution >= 4 is 17.7 Å². The van der Waals surface area contributed by atoms with E-state index in [0.29, 0.717) is 16.5 Å². The van der Waals surface area contributed by atoms with E-state index in [4.69, 9.17) is 5.84 Å². The Kier molecular flexibility index (Phi) is 6.87. The Hall–Kier alpha value is -2.87. The van der Waals surface area contributed by atoms with Crippen molar-refractivity contribution in [1.82, 2.24) is 20.2 Å². The number of carbonyl (C=O) groups is 1. The van der Waals surface area contributed by atoms with Crippen LogP contribution in [0.5, 0.6) is 0 Å². The molecule has 3 aromatic rings. The lowest BCUT2D eigenvalue weighted by atomic mass is 10.0. The molecule has 0 bridgehead atoms. The average Bonchev–Trinajstić information content (AvgIpc) is 3.08. The normalized spacial score (nSPS) is 13.1. The summed E-state index contributed by atoms with van der Waals surface area (Å²) in [6, 6.07) is 15.8. The highest BCUT2D eigenvalue weighted by molar-refractivity contribution is 8.00.